The van der Waals surface area contributed by atoms with Gasteiger partial charge in [-0.15, -0.1) is 0 Å². The molecule has 16 heavy (non-hydrogen) atoms. The zero-order chi connectivity index (χ0) is 11.4. The third kappa shape index (κ3) is 3.10. The highest BCUT2D eigenvalue weighted by Gasteiger charge is 2.33. The lowest BCUT2D eigenvalue weighted by Crippen LogP contribution is -2.36. The Labute approximate surface area is 98.7 Å². The summed E-state index contributed by atoms with van der Waals surface area (Å²) in [4.78, 5) is 14.1. The number of hydrogen-bond donors (Lipinski definition) is 0. The smallest absolute Gasteiger partial charge is 0.246 e. The summed E-state index contributed by atoms with van der Waals surface area (Å²) < 4.78 is 0. The number of rotatable bonds is 4. The quantitative estimate of drug-likeness (QED) is 0.668. The summed E-state index contributed by atoms with van der Waals surface area (Å²) in [6, 6.07) is 0.561. The second kappa shape index (κ2) is 5.51. The first-order valence-electron chi connectivity index (χ1n) is 6.74. The monoisotopic (exact) mass is 221 g/mol. The zero-order valence-corrected chi connectivity index (χ0v) is 10.3. The number of hydrogen-bond acceptors (Lipinski definition) is 1. The molecule has 2 fully saturated rings. The van der Waals surface area contributed by atoms with Crippen LogP contribution in [0.2, 0.25) is 0 Å². The lowest BCUT2D eigenvalue weighted by atomic mass is 9.89. The third-order valence-electron chi connectivity index (χ3n) is 3.76. The molecule has 1 amide bonds. The van der Waals surface area contributed by atoms with E-state index in [9.17, 15) is 4.79 Å². The van der Waals surface area contributed by atoms with E-state index in [1.165, 1.54) is 44.9 Å². The van der Waals surface area contributed by atoms with Gasteiger partial charge < -0.3 is 4.90 Å². The van der Waals surface area contributed by atoms with Crippen molar-refractivity contribution in [3.63, 3.8) is 0 Å². The topological polar surface area (TPSA) is 20.3 Å². The Morgan fingerprint density at radius 2 is 1.88 bits per heavy atom. The lowest BCUT2D eigenvalue weighted by Gasteiger charge is -2.29. The van der Waals surface area contributed by atoms with Gasteiger partial charge in [-0.3, -0.25) is 4.79 Å². The summed E-state index contributed by atoms with van der Waals surface area (Å²) in [5.41, 5.74) is 0. The number of carbonyl (C=O) groups is 1. The number of carbonyl (C=O) groups excluding carboxylic acids is 1. The van der Waals surface area contributed by atoms with E-state index in [4.69, 9.17) is 0 Å². The van der Waals surface area contributed by atoms with Crippen molar-refractivity contribution in [1.29, 1.82) is 0 Å². The summed E-state index contributed by atoms with van der Waals surface area (Å²) in [5, 5.41) is 0. The molecule has 0 heterocycles. The van der Waals surface area contributed by atoms with Crippen LogP contribution in [0.4, 0.5) is 0 Å². The maximum absolute atomic E-state index is 11.9. The van der Waals surface area contributed by atoms with Crippen molar-refractivity contribution >= 4 is 5.91 Å². The van der Waals surface area contributed by atoms with Crippen LogP contribution in [0, 0.1) is 5.92 Å². The molecule has 0 aromatic carbocycles. The van der Waals surface area contributed by atoms with E-state index in [-0.39, 0.29) is 5.91 Å². The molecule has 0 unspecified atom stereocenters. The van der Waals surface area contributed by atoms with E-state index in [0.29, 0.717) is 6.04 Å². The van der Waals surface area contributed by atoms with E-state index < -0.39 is 0 Å². The van der Waals surface area contributed by atoms with Gasteiger partial charge in [0.2, 0.25) is 5.91 Å². The van der Waals surface area contributed by atoms with Gasteiger partial charge >= 0.3 is 0 Å². The average Bonchev–Trinajstić information content (AvgIpc) is 3.11. The highest BCUT2D eigenvalue weighted by atomic mass is 16.2. The minimum atomic E-state index is 0.232. The van der Waals surface area contributed by atoms with E-state index in [0.717, 1.165) is 12.5 Å². The van der Waals surface area contributed by atoms with Crippen molar-refractivity contribution in [2.75, 3.05) is 6.54 Å². The van der Waals surface area contributed by atoms with Crippen molar-refractivity contribution < 1.29 is 4.79 Å². The molecule has 0 aromatic heterocycles. The molecule has 0 N–H and O–H groups in total. The van der Waals surface area contributed by atoms with E-state index in [1.54, 1.807) is 6.08 Å². The predicted molar refractivity (Wildman–Crippen MR) is 66.1 cm³/mol. The Morgan fingerprint density at radius 3 is 2.44 bits per heavy atom. The second-order valence-corrected chi connectivity index (χ2v) is 5.23. The van der Waals surface area contributed by atoms with Crippen LogP contribution in [0.5, 0.6) is 0 Å². The first-order chi connectivity index (χ1) is 7.81. The van der Waals surface area contributed by atoms with Gasteiger partial charge in [-0.05, 0) is 44.6 Å². The van der Waals surface area contributed by atoms with Gasteiger partial charge in [-0.2, -0.15) is 0 Å². The minimum Gasteiger partial charge on any atom is -0.336 e. The Bertz CT molecular complexity index is 262. The predicted octanol–water partition coefficient (Wildman–Crippen LogP) is 3.13. The largest absolute Gasteiger partial charge is 0.336 e. The maximum atomic E-state index is 11.9. The SMILES string of the molecule is CC=CC(=O)N(CC1CCCCC1)C1CC1. The number of amides is 1. The summed E-state index contributed by atoms with van der Waals surface area (Å²) in [7, 11) is 0. The van der Waals surface area contributed by atoms with Crippen LogP contribution in [-0.2, 0) is 4.79 Å². The highest BCUT2D eigenvalue weighted by Crippen LogP contribution is 2.31. The van der Waals surface area contributed by atoms with Crippen molar-refractivity contribution in [2.45, 2.75) is 57.9 Å². The molecule has 2 rings (SSSR count). The molecule has 2 heteroatoms. The molecule has 2 aliphatic carbocycles. The molecule has 2 nitrogen and oxygen atoms in total. The van der Waals surface area contributed by atoms with E-state index in [1.807, 2.05) is 13.0 Å². The molecule has 0 saturated heterocycles. The molecule has 0 atom stereocenters. The third-order valence-corrected chi connectivity index (χ3v) is 3.76. The van der Waals surface area contributed by atoms with Crippen molar-refractivity contribution in [1.82, 2.24) is 4.90 Å². The summed E-state index contributed by atoms with van der Waals surface area (Å²) in [5.74, 6) is 0.999. The highest BCUT2D eigenvalue weighted by molar-refractivity contribution is 5.88. The van der Waals surface area contributed by atoms with Crippen molar-refractivity contribution in [2.24, 2.45) is 5.92 Å². The maximum Gasteiger partial charge on any atom is 0.246 e. The molecule has 0 aromatic rings. The summed E-state index contributed by atoms with van der Waals surface area (Å²) in [6.07, 6.45) is 12.8. The lowest BCUT2D eigenvalue weighted by molar-refractivity contribution is -0.127. The summed E-state index contributed by atoms with van der Waals surface area (Å²) in [6.45, 7) is 2.93. The molecule has 0 bridgehead atoms. The first-order valence-corrected chi connectivity index (χ1v) is 6.74. The minimum absolute atomic E-state index is 0.232. The first kappa shape index (κ1) is 11.7. The van der Waals surface area contributed by atoms with Gasteiger partial charge in [0.15, 0.2) is 0 Å². The van der Waals surface area contributed by atoms with Gasteiger partial charge in [0.1, 0.15) is 0 Å². The summed E-state index contributed by atoms with van der Waals surface area (Å²) >= 11 is 0. The molecule has 2 aliphatic rings. The molecule has 0 radical (unpaired) electrons. The second-order valence-electron chi connectivity index (χ2n) is 5.23. The van der Waals surface area contributed by atoms with Gasteiger partial charge in [0.05, 0.1) is 0 Å². The fraction of sp³-hybridized carbons (Fsp3) is 0.786. The Hall–Kier alpha value is -0.790. The Morgan fingerprint density at radius 1 is 1.19 bits per heavy atom. The van der Waals surface area contributed by atoms with Crippen molar-refractivity contribution in [3.05, 3.63) is 12.2 Å². The fourth-order valence-corrected chi connectivity index (χ4v) is 2.69. The molecule has 2 saturated carbocycles. The van der Waals surface area contributed by atoms with Crippen LogP contribution in [0.15, 0.2) is 12.2 Å². The van der Waals surface area contributed by atoms with Gasteiger partial charge in [-0.25, -0.2) is 0 Å². The van der Waals surface area contributed by atoms with Gasteiger partial charge in [0, 0.05) is 12.6 Å². The number of nitrogens with zero attached hydrogens (tertiary/aromatic N) is 1. The van der Waals surface area contributed by atoms with Crippen LogP contribution in [0.1, 0.15) is 51.9 Å². The van der Waals surface area contributed by atoms with Crippen molar-refractivity contribution in [3.8, 4) is 0 Å². The fourth-order valence-electron chi connectivity index (χ4n) is 2.69. The Kier molecular flexibility index (Phi) is 4.03. The standard InChI is InChI=1S/C14H23NO/c1-2-6-14(16)15(13-9-10-13)11-12-7-4-3-5-8-12/h2,6,12-13H,3-5,7-11H2,1H3. The molecular weight excluding hydrogens is 198 g/mol. The normalized spacial score (nSPS) is 22.6. The number of allylic oxidation sites excluding steroid dienone is 1. The Balaban J connectivity index is 1.88. The van der Waals surface area contributed by atoms with Crippen LogP contribution < -0.4 is 0 Å². The van der Waals surface area contributed by atoms with E-state index >= 15 is 0 Å². The van der Waals surface area contributed by atoms with E-state index in [2.05, 4.69) is 4.90 Å². The van der Waals surface area contributed by atoms with Gasteiger partial charge in [-0.1, -0.05) is 25.3 Å². The molecule has 0 aliphatic heterocycles. The van der Waals surface area contributed by atoms with Crippen LogP contribution in [-0.4, -0.2) is 23.4 Å². The van der Waals surface area contributed by atoms with Crippen LogP contribution in [0.25, 0.3) is 0 Å². The van der Waals surface area contributed by atoms with Gasteiger partial charge in [0.25, 0.3) is 0 Å². The van der Waals surface area contributed by atoms with Crippen LogP contribution >= 0.6 is 0 Å². The molecular formula is C14H23NO. The zero-order valence-electron chi connectivity index (χ0n) is 10.3. The van der Waals surface area contributed by atoms with Crippen LogP contribution in [0.3, 0.4) is 0 Å². The molecule has 90 valence electrons. The average molecular weight is 221 g/mol. The molecule has 0 spiro atoms.